The van der Waals surface area contributed by atoms with Crippen LogP contribution >= 0.6 is 0 Å². The van der Waals surface area contributed by atoms with Crippen LogP contribution in [0.4, 0.5) is 0 Å². The molecule has 2 atom stereocenters. The molecule has 1 amide bonds. The fourth-order valence-electron chi connectivity index (χ4n) is 3.73. The number of rotatable bonds is 5. The van der Waals surface area contributed by atoms with Crippen molar-refractivity contribution in [3.05, 3.63) is 53.7 Å². The third-order valence-corrected chi connectivity index (χ3v) is 5.45. The summed E-state index contributed by atoms with van der Waals surface area (Å²) in [7, 11) is 0. The first-order valence-electron chi connectivity index (χ1n) is 10.1. The highest BCUT2D eigenvalue weighted by Crippen LogP contribution is 2.34. The highest BCUT2D eigenvalue weighted by Gasteiger charge is 2.24. The molecule has 2 aromatic rings. The number of fused-ring (bicyclic) bond motifs is 1. The molecule has 1 saturated heterocycles. The summed E-state index contributed by atoms with van der Waals surface area (Å²) in [4.78, 5) is 18.2. The summed E-state index contributed by atoms with van der Waals surface area (Å²) in [5, 5.41) is 12.2. The zero-order valence-corrected chi connectivity index (χ0v) is 16.6. The van der Waals surface area contributed by atoms with Crippen LogP contribution in [0.5, 0.6) is 11.6 Å². The second-order valence-electron chi connectivity index (χ2n) is 7.70. The highest BCUT2D eigenvalue weighted by molar-refractivity contribution is 5.80. The Labute approximate surface area is 170 Å². The lowest BCUT2D eigenvalue weighted by Gasteiger charge is -2.32. The first kappa shape index (κ1) is 19.7. The third kappa shape index (κ3) is 4.86. The molecule has 0 aliphatic carbocycles. The number of aromatic nitrogens is 1. The molecular weight excluding hydrogens is 370 g/mol. The van der Waals surface area contributed by atoms with Gasteiger partial charge in [0.05, 0.1) is 0 Å². The van der Waals surface area contributed by atoms with E-state index in [1.54, 1.807) is 6.20 Å². The van der Waals surface area contributed by atoms with Crippen LogP contribution in [0.1, 0.15) is 37.0 Å². The van der Waals surface area contributed by atoms with Gasteiger partial charge in [-0.25, -0.2) is 4.98 Å². The minimum absolute atomic E-state index is 0.149. The maximum atomic E-state index is 11.6. The molecule has 1 aromatic heterocycles. The van der Waals surface area contributed by atoms with Crippen molar-refractivity contribution in [3.8, 4) is 11.6 Å². The Hall–Kier alpha value is -2.64. The summed E-state index contributed by atoms with van der Waals surface area (Å²) in [6.07, 6.45) is 2.40. The molecule has 1 unspecified atom stereocenters. The number of carbonyl (C=O) groups is 1. The SMILES string of the molecule is CC(O)C(=O)NC1CCN(Cc2ccc([C@H]3COc4cccnc4O3)cc2)CC1. The Kier molecular flexibility index (Phi) is 5.97. The van der Waals surface area contributed by atoms with E-state index in [2.05, 4.69) is 39.5 Å². The van der Waals surface area contributed by atoms with Crippen LogP contribution in [0.25, 0.3) is 0 Å². The van der Waals surface area contributed by atoms with Crippen LogP contribution in [-0.4, -0.2) is 52.7 Å². The maximum Gasteiger partial charge on any atom is 0.257 e. The fourth-order valence-corrected chi connectivity index (χ4v) is 3.73. The number of piperidine rings is 1. The maximum absolute atomic E-state index is 11.6. The lowest BCUT2D eigenvalue weighted by atomic mass is 10.0. The van der Waals surface area contributed by atoms with Crippen molar-refractivity contribution in [2.45, 2.75) is 44.6 Å². The zero-order chi connectivity index (χ0) is 20.2. The predicted octanol–water partition coefficient (Wildman–Crippen LogP) is 2.06. The summed E-state index contributed by atoms with van der Waals surface area (Å²) < 4.78 is 11.7. The molecule has 3 heterocycles. The molecule has 0 bridgehead atoms. The van der Waals surface area contributed by atoms with E-state index in [1.807, 2.05) is 12.1 Å². The fraction of sp³-hybridized carbons (Fsp3) is 0.455. The Morgan fingerprint density at radius 3 is 2.76 bits per heavy atom. The van der Waals surface area contributed by atoms with Crippen LogP contribution in [-0.2, 0) is 11.3 Å². The van der Waals surface area contributed by atoms with Crippen LogP contribution in [0.15, 0.2) is 42.6 Å². The average Bonchev–Trinajstić information content (AvgIpc) is 2.75. The Morgan fingerprint density at radius 2 is 2.03 bits per heavy atom. The number of ether oxygens (including phenoxy) is 2. The van der Waals surface area contributed by atoms with E-state index in [-0.39, 0.29) is 18.1 Å². The van der Waals surface area contributed by atoms with Crippen molar-refractivity contribution in [1.29, 1.82) is 0 Å². The molecule has 0 saturated carbocycles. The van der Waals surface area contributed by atoms with Gasteiger partial charge < -0.3 is 19.9 Å². The van der Waals surface area contributed by atoms with Crippen molar-refractivity contribution < 1.29 is 19.4 Å². The number of aliphatic hydroxyl groups excluding tert-OH is 1. The monoisotopic (exact) mass is 397 g/mol. The van der Waals surface area contributed by atoms with Gasteiger partial charge in [0.2, 0.25) is 5.91 Å². The second kappa shape index (κ2) is 8.80. The van der Waals surface area contributed by atoms with Crippen LogP contribution in [0.2, 0.25) is 0 Å². The molecular formula is C22H27N3O4. The van der Waals surface area contributed by atoms with Crippen LogP contribution in [0.3, 0.4) is 0 Å². The topological polar surface area (TPSA) is 83.9 Å². The van der Waals surface area contributed by atoms with Crippen molar-refractivity contribution in [1.82, 2.24) is 15.2 Å². The summed E-state index contributed by atoms with van der Waals surface area (Å²) >= 11 is 0. The molecule has 29 heavy (non-hydrogen) atoms. The van der Waals surface area contributed by atoms with Gasteiger partial charge in [-0.05, 0) is 43.0 Å². The number of pyridine rings is 1. The molecule has 0 radical (unpaired) electrons. The van der Waals surface area contributed by atoms with E-state index < -0.39 is 6.10 Å². The van der Waals surface area contributed by atoms with Gasteiger partial charge in [0.25, 0.3) is 5.88 Å². The predicted molar refractivity (Wildman–Crippen MR) is 108 cm³/mol. The second-order valence-corrected chi connectivity index (χ2v) is 7.70. The smallest absolute Gasteiger partial charge is 0.257 e. The number of benzene rings is 1. The minimum atomic E-state index is -0.950. The van der Waals surface area contributed by atoms with Gasteiger partial charge in [0, 0.05) is 31.9 Å². The van der Waals surface area contributed by atoms with E-state index in [4.69, 9.17) is 9.47 Å². The zero-order valence-electron chi connectivity index (χ0n) is 16.6. The quantitative estimate of drug-likeness (QED) is 0.804. The summed E-state index contributed by atoms with van der Waals surface area (Å²) in [5.41, 5.74) is 2.32. The first-order chi connectivity index (χ1) is 14.1. The van der Waals surface area contributed by atoms with E-state index in [9.17, 15) is 9.90 Å². The van der Waals surface area contributed by atoms with Gasteiger partial charge in [-0.2, -0.15) is 0 Å². The molecule has 0 spiro atoms. The van der Waals surface area contributed by atoms with Gasteiger partial charge >= 0.3 is 0 Å². The molecule has 154 valence electrons. The number of nitrogens with one attached hydrogen (secondary N) is 1. The van der Waals surface area contributed by atoms with Crippen molar-refractivity contribution >= 4 is 5.91 Å². The minimum Gasteiger partial charge on any atom is -0.484 e. The molecule has 1 aromatic carbocycles. The molecule has 1 fully saturated rings. The lowest BCUT2D eigenvalue weighted by Crippen LogP contribution is -2.46. The lowest BCUT2D eigenvalue weighted by molar-refractivity contribution is -0.129. The number of likely N-dealkylation sites (tertiary alicyclic amines) is 1. The summed E-state index contributed by atoms with van der Waals surface area (Å²) in [5.74, 6) is 0.942. The Morgan fingerprint density at radius 1 is 1.28 bits per heavy atom. The van der Waals surface area contributed by atoms with E-state index in [1.165, 1.54) is 12.5 Å². The van der Waals surface area contributed by atoms with Gasteiger partial charge in [-0.1, -0.05) is 24.3 Å². The van der Waals surface area contributed by atoms with Gasteiger partial charge in [-0.15, -0.1) is 0 Å². The normalized spacial score (nSPS) is 20.8. The molecule has 7 nitrogen and oxygen atoms in total. The van der Waals surface area contributed by atoms with Gasteiger partial charge in [0.15, 0.2) is 11.9 Å². The summed E-state index contributed by atoms with van der Waals surface area (Å²) in [6, 6.07) is 12.3. The van der Waals surface area contributed by atoms with Gasteiger partial charge in [0.1, 0.15) is 12.7 Å². The van der Waals surface area contributed by atoms with Gasteiger partial charge in [-0.3, -0.25) is 9.69 Å². The van der Waals surface area contributed by atoms with Crippen molar-refractivity contribution in [3.63, 3.8) is 0 Å². The van der Waals surface area contributed by atoms with Crippen LogP contribution in [0, 0.1) is 0 Å². The van der Waals surface area contributed by atoms with Crippen molar-refractivity contribution in [2.24, 2.45) is 0 Å². The van der Waals surface area contributed by atoms with Crippen LogP contribution < -0.4 is 14.8 Å². The number of hydrogen-bond donors (Lipinski definition) is 2. The molecule has 2 N–H and O–H groups in total. The number of aliphatic hydroxyl groups is 1. The molecule has 7 heteroatoms. The Bertz CT molecular complexity index is 832. The highest BCUT2D eigenvalue weighted by atomic mass is 16.6. The molecule has 4 rings (SSSR count). The third-order valence-electron chi connectivity index (χ3n) is 5.45. The number of carbonyl (C=O) groups excluding carboxylic acids is 1. The first-order valence-corrected chi connectivity index (χ1v) is 10.1. The molecule has 2 aliphatic rings. The average molecular weight is 397 g/mol. The number of nitrogens with zero attached hydrogens (tertiary/aromatic N) is 2. The van der Waals surface area contributed by atoms with Crippen molar-refractivity contribution in [2.75, 3.05) is 19.7 Å². The largest absolute Gasteiger partial charge is 0.484 e. The van der Waals surface area contributed by atoms with E-state index in [0.717, 1.165) is 38.0 Å². The number of hydrogen-bond acceptors (Lipinski definition) is 6. The number of amides is 1. The van der Waals surface area contributed by atoms with E-state index >= 15 is 0 Å². The molecule has 2 aliphatic heterocycles. The summed E-state index contributed by atoms with van der Waals surface area (Å²) in [6.45, 7) is 4.70. The Balaban J connectivity index is 1.28. The standard InChI is InChI=1S/C22H27N3O4/c1-15(26)21(27)24-18-8-11-25(12-9-18)13-16-4-6-17(7-5-16)20-14-28-19-3-2-10-23-22(19)29-20/h2-7,10,15,18,20,26H,8-9,11-14H2,1H3,(H,24,27)/t15?,20-/m1/s1. The van der Waals surface area contributed by atoms with E-state index in [0.29, 0.717) is 18.2 Å².